The zero-order valence-corrected chi connectivity index (χ0v) is 11.6. The van der Waals surface area contributed by atoms with Crippen LogP contribution < -0.4 is 5.32 Å². The third-order valence-electron chi connectivity index (χ3n) is 3.32. The zero-order valence-electron chi connectivity index (χ0n) is 11.6. The molecule has 1 atom stereocenters. The van der Waals surface area contributed by atoms with E-state index in [1.807, 2.05) is 0 Å². The summed E-state index contributed by atoms with van der Waals surface area (Å²) in [6.07, 6.45) is 3.24. The number of benzene rings is 1. The number of nitrogens with one attached hydrogen (secondary N) is 1. The highest BCUT2D eigenvalue weighted by atomic mass is 16.5. The van der Waals surface area contributed by atoms with Gasteiger partial charge in [0.1, 0.15) is 0 Å². The second-order valence-electron chi connectivity index (χ2n) is 4.75. The summed E-state index contributed by atoms with van der Waals surface area (Å²) in [6, 6.07) is 6.50. The fourth-order valence-corrected chi connectivity index (χ4v) is 2.23. The van der Waals surface area contributed by atoms with E-state index in [1.54, 1.807) is 18.2 Å². The predicted octanol–water partition coefficient (Wildman–Crippen LogP) is 1.77. The molecular formula is C15H19NO4. The molecule has 1 heterocycles. The van der Waals surface area contributed by atoms with Crippen molar-refractivity contribution in [1.29, 1.82) is 0 Å². The molecule has 0 radical (unpaired) electrons. The molecular weight excluding hydrogens is 258 g/mol. The Hall–Kier alpha value is -1.88. The molecule has 0 aliphatic carbocycles. The number of ether oxygens (including phenoxy) is 2. The SMILES string of the molecule is COC(=O)c1cccc(C(=O)NCC[C@H]2CCCO2)c1. The molecule has 20 heavy (non-hydrogen) atoms. The maximum atomic E-state index is 12.0. The minimum absolute atomic E-state index is 0.186. The molecule has 1 N–H and O–H groups in total. The number of carbonyl (C=O) groups is 2. The third-order valence-corrected chi connectivity index (χ3v) is 3.32. The normalized spacial score (nSPS) is 17.8. The molecule has 1 amide bonds. The van der Waals surface area contributed by atoms with Gasteiger partial charge in [0.25, 0.3) is 5.91 Å². The second-order valence-corrected chi connectivity index (χ2v) is 4.75. The molecule has 1 aromatic carbocycles. The molecule has 1 saturated heterocycles. The standard InChI is InChI=1S/C15H19NO4/c1-19-15(18)12-5-2-4-11(10-12)14(17)16-8-7-13-6-3-9-20-13/h2,4-5,10,13H,3,6-9H2,1H3,(H,16,17)/t13-/m1/s1. The topological polar surface area (TPSA) is 64.6 Å². The molecule has 5 heteroatoms. The Kier molecular flexibility index (Phi) is 5.12. The van der Waals surface area contributed by atoms with Crippen molar-refractivity contribution in [3.05, 3.63) is 35.4 Å². The number of carbonyl (C=O) groups excluding carboxylic acids is 2. The van der Waals surface area contributed by atoms with Crippen molar-refractivity contribution in [2.75, 3.05) is 20.3 Å². The van der Waals surface area contributed by atoms with E-state index < -0.39 is 5.97 Å². The lowest BCUT2D eigenvalue weighted by atomic mass is 10.1. The maximum absolute atomic E-state index is 12.0. The zero-order chi connectivity index (χ0) is 14.4. The quantitative estimate of drug-likeness (QED) is 0.833. The summed E-state index contributed by atoms with van der Waals surface area (Å²) in [5, 5.41) is 2.84. The summed E-state index contributed by atoms with van der Waals surface area (Å²) < 4.78 is 10.1. The fourth-order valence-electron chi connectivity index (χ4n) is 2.23. The Balaban J connectivity index is 1.86. The number of methoxy groups -OCH3 is 1. The monoisotopic (exact) mass is 277 g/mol. The van der Waals surface area contributed by atoms with Crippen LogP contribution in [0.25, 0.3) is 0 Å². The summed E-state index contributed by atoms with van der Waals surface area (Å²) in [6.45, 7) is 1.39. The summed E-state index contributed by atoms with van der Waals surface area (Å²) >= 11 is 0. The van der Waals surface area contributed by atoms with Crippen LogP contribution in [0.5, 0.6) is 0 Å². The predicted molar refractivity (Wildman–Crippen MR) is 73.7 cm³/mol. The van der Waals surface area contributed by atoms with Crippen LogP contribution in [0, 0.1) is 0 Å². The van der Waals surface area contributed by atoms with Crippen LogP contribution >= 0.6 is 0 Å². The van der Waals surface area contributed by atoms with Gasteiger partial charge in [-0.1, -0.05) is 6.07 Å². The van der Waals surface area contributed by atoms with Crippen LogP contribution in [0.15, 0.2) is 24.3 Å². The lowest BCUT2D eigenvalue weighted by Gasteiger charge is -2.10. The first-order valence-corrected chi connectivity index (χ1v) is 6.79. The lowest BCUT2D eigenvalue weighted by Crippen LogP contribution is -2.27. The molecule has 1 aliphatic rings. The van der Waals surface area contributed by atoms with Crippen LogP contribution in [0.1, 0.15) is 40.0 Å². The van der Waals surface area contributed by atoms with E-state index in [4.69, 9.17) is 4.74 Å². The average molecular weight is 277 g/mol. The van der Waals surface area contributed by atoms with Crippen molar-refractivity contribution in [3.63, 3.8) is 0 Å². The first kappa shape index (κ1) is 14.5. The highest BCUT2D eigenvalue weighted by Gasteiger charge is 2.16. The van der Waals surface area contributed by atoms with Gasteiger partial charge in [0.2, 0.25) is 0 Å². The van der Waals surface area contributed by atoms with E-state index in [0.717, 1.165) is 25.9 Å². The summed E-state index contributed by atoms with van der Waals surface area (Å²) in [7, 11) is 1.32. The van der Waals surface area contributed by atoms with Crippen molar-refractivity contribution in [1.82, 2.24) is 5.32 Å². The molecule has 0 bridgehead atoms. The van der Waals surface area contributed by atoms with Gasteiger partial charge in [-0.25, -0.2) is 4.79 Å². The van der Waals surface area contributed by atoms with Crippen LogP contribution in [0.3, 0.4) is 0 Å². The highest BCUT2D eigenvalue weighted by molar-refractivity contribution is 5.97. The first-order chi connectivity index (χ1) is 9.70. The van der Waals surface area contributed by atoms with E-state index in [1.165, 1.54) is 13.2 Å². The molecule has 0 unspecified atom stereocenters. The van der Waals surface area contributed by atoms with Crippen LogP contribution in [-0.4, -0.2) is 38.2 Å². The van der Waals surface area contributed by atoms with Crippen LogP contribution in [-0.2, 0) is 9.47 Å². The maximum Gasteiger partial charge on any atom is 0.337 e. The second kappa shape index (κ2) is 7.05. The highest BCUT2D eigenvalue weighted by Crippen LogP contribution is 2.14. The molecule has 1 aromatic rings. The molecule has 2 rings (SSSR count). The Morgan fingerprint density at radius 2 is 2.20 bits per heavy atom. The van der Waals surface area contributed by atoms with Crippen molar-refractivity contribution >= 4 is 11.9 Å². The molecule has 5 nitrogen and oxygen atoms in total. The van der Waals surface area contributed by atoms with Crippen molar-refractivity contribution in [2.24, 2.45) is 0 Å². The number of rotatable bonds is 5. The van der Waals surface area contributed by atoms with E-state index in [0.29, 0.717) is 17.7 Å². The molecule has 0 saturated carbocycles. The molecule has 0 aromatic heterocycles. The van der Waals surface area contributed by atoms with Gasteiger partial charge in [0.05, 0.1) is 18.8 Å². The largest absolute Gasteiger partial charge is 0.465 e. The van der Waals surface area contributed by atoms with Gasteiger partial charge in [-0.05, 0) is 37.5 Å². The molecule has 108 valence electrons. The van der Waals surface area contributed by atoms with Crippen molar-refractivity contribution in [2.45, 2.75) is 25.4 Å². The van der Waals surface area contributed by atoms with Crippen molar-refractivity contribution < 1.29 is 19.1 Å². The molecule has 1 aliphatic heterocycles. The average Bonchev–Trinajstić information content (AvgIpc) is 2.99. The Morgan fingerprint density at radius 3 is 2.90 bits per heavy atom. The fraction of sp³-hybridized carbons (Fsp3) is 0.467. The third kappa shape index (κ3) is 3.81. The van der Waals surface area contributed by atoms with Gasteiger partial charge < -0.3 is 14.8 Å². The van der Waals surface area contributed by atoms with Gasteiger partial charge in [-0.15, -0.1) is 0 Å². The van der Waals surface area contributed by atoms with E-state index in [9.17, 15) is 9.59 Å². The van der Waals surface area contributed by atoms with Gasteiger partial charge >= 0.3 is 5.97 Å². The van der Waals surface area contributed by atoms with E-state index in [-0.39, 0.29) is 12.0 Å². The van der Waals surface area contributed by atoms with E-state index >= 15 is 0 Å². The van der Waals surface area contributed by atoms with Crippen molar-refractivity contribution in [3.8, 4) is 0 Å². The Labute approximate surface area is 118 Å². The number of amides is 1. The smallest absolute Gasteiger partial charge is 0.337 e. The van der Waals surface area contributed by atoms with Gasteiger partial charge in [0, 0.05) is 18.7 Å². The summed E-state index contributed by atoms with van der Waals surface area (Å²) in [5.41, 5.74) is 0.833. The Morgan fingerprint density at radius 1 is 1.40 bits per heavy atom. The van der Waals surface area contributed by atoms with Gasteiger partial charge in [-0.2, -0.15) is 0 Å². The van der Waals surface area contributed by atoms with Gasteiger partial charge in [-0.3, -0.25) is 4.79 Å². The summed E-state index contributed by atoms with van der Waals surface area (Å²) in [4.78, 5) is 23.4. The van der Waals surface area contributed by atoms with Gasteiger partial charge in [0.15, 0.2) is 0 Å². The number of hydrogen-bond donors (Lipinski definition) is 1. The first-order valence-electron chi connectivity index (χ1n) is 6.79. The summed E-state index contributed by atoms with van der Waals surface area (Å²) in [5.74, 6) is -0.632. The van der Waals surface area contributed by atoms with E-state index in [2.05, 4.69) is 10.1 Å². The lowest BCUT2D eigenvalue weighted by molar-refractivity contribution is 0.0600. The number of esters is 1. The number of hydrogen-bond acceptors (Lipinski definition) is 4. The molecule has 1 fully saturated rings. The minimum atomic E-state index is -0.445. The molecule has 0 spiro atoms. The minimum Gasteiger partial charge on any atom is -0.465 e. The van der Waals surface area contributed by atoms with Crippen LogP contribution in [0.2, 0.25) is 0 Å². The Bertz CT molecular complexity index is 481. The van der Waals surface area contributed by atoms with Crippen LogP contribution in [0.4, 0.5) is 0 Å².